The average Bonchev–Trinajstić information content (AvgIpc) is 3.37. The van der Waals surface area contributed by atoms with Crippen molar-refractivity contribution in [2.75, 3.05) is 44.7 Å². The summed E-state index contributed by atoms with van der Waals surface area (Å²) in [6.07, 6.45) is 3.83. The van der Waals surface area contributed by atoms with Gasteiger partial charge in [0.1, 0.15) is 5.69 Å². The van der Waals surface area contributed by atoms with Crippen LogP contribution < -0.4 is 4.90 Å². The van der Waals surface area contributed by atoms with E-state index in [9.17, 15) is 4.79 Å². The molecule has 0 saturated carbocycles. The second kappa shape index (κ2) is 7.91. The van der Waals surface area contributed by atoms with Crippen molar-refractivity contribution in [3.05, 3.63) is 41.5 Å². The van der Waals surface area contributed by atoms with Crippen LogP contribution >= 0.6 is 0 Å². The number of aromatic nitrogens is 3. The maximum Gasteiger partial charge on any atom is 0.274 e. The van der Waals surface area contributed by atoms with Crippen molar-refractivity contribution in [1.29, 1.82) is 0 Å². The molecule has 1 amide bonds. The number of hydrogen-bond donors (Lipinski definition) is 0. The molecule has 7 nitrogen and oxygen atoms in total. The zero-order chi connectivity index (χ0) is 19.7. The Labute approximate surface area is 166 Å². The maximum absolute atomic E-state index is 13.1. The Morgan fingerprint density at radius 2 is 1.96 bits per heavy atom. The van der Waals surface area contributed by atoms with Gasteiger partial charge in [-0.15, -0.1) is 0 Å². The molecule has 2 saturated heterocycles. The van der Waals surface area contributed by atoms with Gasteiger partial charge in [0.15, 0.2) is 0 Å². The lowest BCUT2D eigenvalue weighted by molar-refractivity contribution is 0.0726. The SMILES string of the molecule is CCn1ccc(C(=O)N2CCCC2c2cc(N3CCN(C)CC3)cc(C)n2)n1. The number of carbonyl (C=O) groups is 1. The Kier molecular flexibility index (Phi) is 5.35. The molecule has 2 aromatic rings. The average molecular weight is 383 g/mol. The minimum absolute atomic E-state index is 0.0131. The summed E-state index contributed by atoms with van der Waals surface area (Å²) in [6, 6.07) is 6.21. The van der Waals surface area contributed by atoms with E-state index in [2.05, 4.69) is 34.1 Å². The molecule has 1 unspecified atom stereocenters. The molecule has 0 spiro atoms. The highest BCUT2D eigenvalue weighted by molar-refractivity contribution is 5.92. The lowest BCUT2D eigenvalue weighted by Crippen LogP contribution is -2.44. The number of carbonyl (C=O) groups excluding carboxylic acids is 1. The molecule has 0 aliphatic carbocycles. The lowest BCUT2D eigenvalue weighted by atomic mass is 10.1. The quantitative estimate of drug-likeness (QED) is 0.812. The number of piperazine rings is 1. The zero-order valence-electron chi connectivity index (χ0n) is 17.1. The molecule has 0 bridgehead atoms. The van der Waals surface area contributed by atoms with Crippen molar-refractivity contribution in [2.24, 2.45) is 0 Å². The number of amides is 1. The molecule has 2 aliphatic rings. The van der Waals surface area contributed by atoms with Crippen molar-refractivity contribution in [3.63, 3.8) is 0 Å². The van der Waals surface area contributed by atoms with Gasteiger partial charge in [0.2, 0.25) is 0 Å². The van der Waals surface area contributed by atoms with E-state index in [1.807, 2.05) is 31.0 Å². The van der Waals surface area contributed by atoms with Crippen LogP contribution in [0.25, 0.3) is 0 Å². The first kappa shape index (κ1) is 18.9. The van der Waals surface area contributed by atoms with Crippen LogP contribution in [0.3, 0.4) is 0 Å². The molecular formula is C21H30N6O. The molecule has 0 aromatic carbocycles. The van der Waals surface area contributed by atoms with Gasteiger partial charge < -0.3 is 14.7 Å². The fourth-order valence-electron chi connectivity index (χ4n) is 4.21. The summed E-state index contributed by atoms with van der Waals surface area (Å²) in [5, 5.41) is 4.41. The molecule has 0 N–H and O–H groups in total. The predicted octanol–water partition coefficient (Wildman–Crippen LogP) is 2.34. The molecule has 2 fully saturated rings. The van der Waals surface area contributed by atoms with Crippen molar-refractivity contribution >= 4 is 11.6 Å². The summed E-state index contributed by atoms with van der Waals surface area (Å²) >= 11 is 0. The molecule has 4 rings (SSSR count). The number of aryl methyl sites for hydroxylation is 2. The Morgan fingerprint density at radius 1 is 1.18 bits per heavy atom. The number of rotatable bonds is 4. The van der Waals surface area contributed by atoms with Gasteiger partial charge in [0, 0.05) is 56.8 Å². The van der Waals surface area contributed by atoms with Gasteiger partial charge in [-0.2, -0.15) is 5.10 Å². The minimum Gasteiger partial charge on any atom is -0.369 e. The van der Waals surface area contributed by atoms with Gasteiger partial charge in [-0.1, -0.05) is 0 Å². The smallest absolute Gasteiger partial charge is 0.274 e. The molecule has 0 radical (unpaired) electrons. The van der Waals surface area contributed by atoms with E-state index in [-0.39, 0.29) is 11.9 Å². The van der Waals surface area contributed by atoms with Crippen molar-refractivity contribution in [1.82, 2.24) is 24.6 Å². The van der Waals surface area contributed by atoms with E-state index in [1.165, 1.54) is 5.69 Å². The van der Waals surface area contributed by atoms with Crippen molar-refractivity contribution in [3.8, 4) is 0 Å². The molecule has 150 valence electrons. The van der Waals surface area contributed by atoms with Crippen molar-refractivity contribution < 1.29 is 4.79 Å². The highest BCUT2D eigenvalue weighted by Crippen LogP contribution is 2.34. The van der Waals surface area contributed by atoms with Gasteiger partial charge in [0.25, 0.3) is 5.91 Å². The molecule has 7 heteroatoms. The summed E-state index contributed by atoms with van der Waals surface area (Å²) < 4.78 is 1.80. The number of likely N-dealkylation sites (tertiary alicyclic amines) is 1. The number of likely N-dealkylation sites (N-methyl/N-ethyl adjacent to an activating group) is 1. The number of nitrogens with zero attached hydrogens (tertiary/aromatic N) is 6. The standard InChI is InChI=1S/C21H30N6O/c1-4-26-9-7-18(23-26)21(28)27-8-5-6-20(27)19-15-17(14-16(2)22-19)25-12-10-24(3)11-13-25/h7,9,14-15,20H,4-6,8,10-13H2,1-3H3. The van der Waals surface area contributed by atoms with E-state index < -0.39 is 0 Å². The fraction of sp³-hybridized carbons (Fsp3) is 0.571. The van der Waals surface area contributed by atoms with Gasteiger partial charge in [0.05, 0.1) is 11.7 Å². The largest absolute Gasteiger partial charge is 0.369 e. The Morgan fingerprint density at radius 3 is 2.68 bits per heavy atom. The first-order chi connectivity index (χ1) is 13.5. The van der Waals surface area contributed by atoms with Crippen molar-refractivity contribution in [2.45, 2.75) is 39.3 Å². The molecular weight excluding hydrogens is 352 g/mol. The topological polar surface area (TPSA) is 57.5 Å². The van der Waals surface area contributed by atoms with Crippen LogP contribution in [0, 0.1) is 6.92 Å². The van der Waals surface area contributed by atoms with E-state index in [4.69, 9.17) is 4.98 Å². The van der Waals surface area contributed by atoms with Crippen LogP contribution in [0.2, 0.25) is 0 Å². The number of hydrogen-bond acceptors (Lipinski definition) is 5. The number of pyridine rings is 1. The molecule has 28 heavy (non-hydrogen) atoms. The number of anilines is 1. The monoisotopic (exact) mass is 382 g/mol. The maximum atomic E-state index is 13.1. The third-order valence-electron chi connectivity index (χ3n) is 5.87. The highest BCUT2D eigenvalue weighted by Gasteiger charge is 2.33. The summed E-state index contributed by atoms with van der Waals surface area (Å²) in [5.74, 6) is 0.0131. The lowest BCUT2D eigenvalue weighted by Gasteiger charge is -2.34. The van der Waals surface area contributed by atoms with E-state index in [0.29, 0.717) is 5.69 Å². The van der Waals surface area contributed by atoms with Crippen LogP contribution in [-0.2, 0) is 6.54 Å². The summed E-state index contributed by atoms with van der Waals surface area (Å²) in [6.45, 7) is 9.81. The second-order valence-corrected chi connectivity index (χ2v) is 7.90. The third-order valence-corrected chi connectivity index (χ3v) is 5.87. The second-order valence-electron chi connectivity index (χ2n) is 7.90. The summed E-state index contributed by atoms with van der Waals surface area (Å²) in [5.41, 5.74) is 3.78. The first-order valence-corrected chi connectivity index (χ1v) is 10.3. The van der Waals surface area contributed by atoms with E-state index in [1.54, 1.807) is 4.68 Å². The van der Waals surface area contributed by atoms with E-state index >= 15 is 0 Å². The zero-order valence-corrected chi connectivity index (χ0v) is 17.1. The van der Waals surface area contributed by atoms with Gasteiger partial charge in [-0.05, 0) is 51.9 Å². The molecule has 4 heterocycles. The van der Waals surface area contributed by atoms with Crippen LogP contribution in [0.5, 0.6) is 0 Å². The summed E-state index contributed by atoms with van der Waals surface area (Å²) in [4.78, 5) is 24.6. The van der Waals surface area contributed by atoms with Gasteiger partial charge in [-0.3, -0.25) is 14.5 Å². The van der Waals surface area contributed by atoms with Gasteiger partial charge >= 0.3 is 0 Å². The van der Waals surface area contributed by atoms with Crippen LogP contribution in [0.4, 0.5) is 5.69 Å². The highest BCUT2D eigenvalue weighted by atomic mass is 16.2. The van der Waals surface area contributed by atoms with Gasteiger partial charge in [-0.25, -0.2) is 0 Å². The Hall–Kier alpha value is -2.41. The Bertz CT molecular complexity index is 839. The van der Waals surface area contributed by atoms with Crippen LogP contribution in [0.15, 0.2) is 24.4 Å². The normalized spacial score (nSPS) is 20.8. The summed E-state index contributed by atoms with van der Waals surface area (Å²) in [7, 11) is 2.17. The third kappa shape index (κ3) is 3.76. The molecule has 2 aromatic heterocycles. The molecule has 1 atom stereocenters. The first-order valence-electron chi connectivity index (χ1n) is 10.3. The van der Waals surface area contributed by atoms with E-state index in [0.717, 1.165) is 63.5 Å². The van der Waals surface area contributed by atoms with Crippen LogP contribution in [0.1, 0.15) is 47.7 Å². The molecule has 2 aliphatic heterocycles. The minimum atomic E-state index is 0.0131. The fourth-order valence-corrected chi connectivity index (χ4v) is 4.21. The van der Waals surface area contributed by atoms with Crippen LogP contribution in [-0.4, -0.2) is 70.2 Å². The Balaban J connectivity index is 1.57. The predicted molar refractivity (Wildman–Crippen MR) is 110 cm³/mol.